The zero-order chi connectivity index (χ0) is 19.4. The highest BCUT2D eigenvalue weighted by Crippen LogP contribution is 2.27. The molecule has 0 spiro atoms. The highest BCUT2D eigenvalue weighted by molar-refractivity contribution is 5.80. The molecule has 0 amide bonds. The number of rotatable bonds is 4. The molecule has 2 unspecified atom stereocenters. The molecule has 1 aliphatic rings. The first-order valence-corrected chi connectivity index (χ1v) is 9.38. The van der Waals surface area contributed by atoms with E-state index in [2.05, 4.69) is 31.7 Å². The largest absolute Gasteiger partial charge is 0.375 e. The molecular weight excluding hydrogens is 343 g/mol. The summed E-state index contributed by atoms with van der Waals surface area (Å²) in [5, 5.41) is 3.38. The summed E-state index contributed by atoms with van der Waals surface area (Å²) >= 11 is 0. The van der Waals surface area contributed by atoms with Crippen LogP contribution in [0.3, 0.4) is 0 Å². The van der Waals surface area contributed by atoms with Crippen molar-refractivity contribution in [3.63, 3.8) is 0 Å². The lowest BCUT2D eigenvalue weighted by atomic mass is 9.93. The van der Waals surface area contributed by atoms with Gasteiger partial charge in [0.2, 0.25) is 0 Å². The molecule has 1 N–H and O–H groups in total. The van der Waals surface area contributed by atoms with E-state index in [4.69, 9.17) is 0 Å². The molecule has 7 heteroatoms. The Morgan fingerprint density at radius 2 is 2.22 bits per heavy atom. The lowest BCUT2D eigenvalue weighted by Gasteiger charge is -2.39. The van der Waals surface area contributed by atoms with E-state index in [1.807, 2.05) is 44.9 Å². The Morgan fingerprint density at radius 3 is 2.85 bits per heavy atom. The van der Waals surface area contributed by atoms with Crippen LogP contribution in [0.2, 0.25) is 0 Å². The first kappa shape index (κ1) is 19.2. The molecule has 0 radical (unpaired) electrons. The normalized spacial score (nSPS) is 20.6. The third-order valence-corrected chi connectivity index (χ3v) is 5.28. The van der Waals surface area contributed by atoms with Crippen molar-refractivity contribution in [2.24, 2.45) is 10.9 Å². The fourth-order valence-corrected chi connectivity index (χ4v) is 3.63. The molecule has 27 heavy (non-hydrogen) atoms. The second kappa shape index (κ2) is 8.41. The predicted octanol–water partition coefficient (Wildman–Crippen LogP) is 2.75. The van der Waals surface area contributed by atoms with E-state index in [9.17, 15) is 4.39 Å². The zero-order valence-corrected chi connectivity index (χ0v) is 16.6. The van der Waals surface area contributed by atoms with Gasteiger partial charge in [-0.25, -0.2) is 9.37 Å². The Hall–Kier alpha value is -2.57. The van der Waals surface area contributed by atoms with Gasteiger partial charge in [-0.3, -0.25) is 4.99 Å². The standard InChI is InChI=1S/C20H29FN6/c1-15-7-9-26(13-19(15)27-10-8-23-14-27)20(22-2)24-12-16-5-6-18(25(3)4)17(21)11-16/h5-6,8,10-11,14-15,19H,7,9,12-13H2,1-4H3,(H,22,24). The van der Waals surface area contributed by atoms with Crippen molar-refractivity contribution in [1.82, 2.24) is 19.8 Å². The fourth-order valence-electron chi connectivity index (χ4n) is 3.63. The fraction of sp³-hybridized carbons (Fsp3) is 0.500. The monoisotopic (exact) mass is 372 g/mol. The predicted molar refractivity (Wildman–Crippen MR) is 108 cm³/mol. The Labute approximate surface area is 160 Å². The Bertz CT molecular complexity index is 771. The maximum atomic E-state index is 14.2. The quantitative estimate of drug-likeness (QED) is 0.662. The molecule has 146 valence electrons. The van der Waals surface area contributed by atoms with Crippen molar-refractivity contribution in [1.29, 1.82) is 0 Å². The van der Waals surface area contributed by atoms with Gasteiger partial charge in [-0.15, -0.1) is 0 Å². The maximum Gasteiger partial charge on any atom is 0.193 e. The van der Waals surface area contributed by atoms with Gasteiger partial charge in [0.05, 0.1) is 18.1 Å². The van der Waals surface area contributed by atoms with Crippen molar-refractivity contribution >= 4 is 11.6 Å². The van der Waals surface area contributed by atoms with Crippen LogP contribution in [0, 0.1) is 11.7 Å². The van der Waals surface area contributed by atoms with Gasteiger partial charge in [0.25, 0.3) is 0 Å². The summed E-state index contributed by atoms with van der Waals surface area (Å²) in [5.74, 6) is 1.23. The van der Waals surface area contributed by atoms with Gasteiger partial charge in [-0.2, -0.15) is 0 Å². The van der Waals surface area contributed by atoms with Crippen LogP contribution in [0.15, 0.2) is 41.9 Å². The minimum absolute atomic E-state index is 0.207. The molecule has 1 saturated heterocycles. The minimum Gasteiger partial charge on any atom is -0.375 e. The van der Waals surface area contributed by atoms with Gasteiger partial charge >= 0.3 is 0 Å². The molecule has 0 saturated carbocycles. The van der Waals surface area contributed by atoms with Crippen LogP contribution >= 0.6 is 0 Å². The number of nitrogens with one attached hydrogen (secondary N) is 1. The molecule has 2 heterocycles. The number of imidazole rings is 1. The van der Waals surface area contributed by atoms with Crippen LogP contribution in [-0.2, 0) is 6.54 Å². The molecule has 1 fully saturated rings. The lowest BCUT2D eigenvalue weighted by molar-refractivity contribution is 0.189. The SMILES string of the molecule is CN=C(NCc1ccc(N(C)C)c(F)c1)N1CCC(C)C(n2ccnc2)C1. The van der Waals surface area contributed by atoms with E-state index in [1.165, 1.54) is 0 Å². The van der Waals surface area contributed by atoms with Gasteiger partial charge in [-0.05, 0) is 30.0 Å². The van der Waals surface area contributed by atoms with E-state index in [1.54, 1.807) is 18.0 Å². The highest BCUT2D eigenvalue weighted by Gasteiger charge is 2.28. The van der Waals surface area contributed by atoms with Crippen LogP contribution in [0.25, 0.3) is 0 Å². The van der Waals surface area contributed by atoms with E-state index in [0.717, 1.165) is 31.0 Å². The van der Waals surface area contributed by atoms with E-state index >= 15 is 0 Å². The number of aliphatic imine (C=N–C) groups is 1. The first-order valence-electron chi connectivity index (χ1n) is 9.38. The number of likely N-dealkylation sites (tertiary alicyclic amines) is 1. The van der Waals surface area contributed by atoms with Crippen molar-refractivity contribution in [2.45, 2.75) is 25.9 Å². The Balaban J connectivity index is 1.64. The second-order valence-electron chi connectivity index (χ2n) is 7.37. The summed E-state index contributed by atoms with van der Waals surface area (Å²) in [5.41, 5.74) is 1.49. The number of hydrogen-bond donors (Lipinski definition) is 1. The highest BCUT2D eigenvalue weighted by atomic mass is 19.1. The number of nitrogens with zero attached hydrogens (tertiary/aromatic N) is 5. The lowest BCUT2D eigenvalue weighted by Crippen LogP contribution is -2.48. The smallest absolute Gasteiger partial charge is 0.193 e. The first-order chi connectivity index (χ1) is 13.0. The summed E-state index contributed by atoms with van der Waals surface area (Å²) in [6.07, 6.45) is 6.83. The number of benzene rings is 1. The summed E-state index contributed by atoms with van der Waals surface area (Å²) in [4.78, 5) is 12.7. The molecule has 1 aliphatic heterocycles. The number of guanidine groups is 1. The summed E-state index contributed by atoms with van der Waals surface area (Å²) < 4.78 is 16.4. The number of aromatic nitrogens is 2. The molecule has 3 rings (SSSR count). The van der Waals surface area contributed by atoms with Gasteiger partial charge in [0, 0.05) is 53.2 Å². The van der Waals surface area contributed by atoms with Gasteiger partial charge < -0.3 is 19.7 Å². The molecule has 0 bridgehead atoms. The van der Waals surface area contributed by atoms with Crippen molar-refractivity contribution < 1.29 is 4.39 Å². The van der Waals surface area contributed by atoms with Crippen LogP contribution in [0.5, 0.6) is 0 Å². The van der Waals surface area contributed by atoms with Crippen molar-refractivity contribution in [3.05, 3.63) is 48.3 Å². The van der Waals surface area contributed by atoms with Crippen molar-refractivity contribution in [3.8, 4) is 0 Å². The minimum atomic E-state index is -0.207. The third-order valence-electron chi connectivity index (χ3n) is 5.28. The van der Waals surface area contributed by atoms with Gasteiger partial charge in [-0.1, -0.05) is 13.0 Å². The summed E-state index contributed by atoms with van der Waals surface area (Å²) in [7, 11) is 5.47. The van der Waals surface area contributed by atoms with E-state index < -0.39 is 0 Å². The van der Waals surface area contributed by atoms with Crippen molar-refractivity contribution in [2.75, 3.05) is 39.1 Å². The zero-order valence-electron chi connectivity index (χ0n) is 16.6. The number of halogens is 1. The van der Waals surface area contributed by atoms with Crippen LogP contribution in [0.1, 0.15) is 24.9 Å². The summed E-state index contributed by atoms with van der Waals surface area (Å²) in [6, 6.07) is 5.72. The number of hydrogen-bond acceptors (Lipinski definition) is 3. The van der Waals surface area contributed by atoms with Crippen LogP contribution < -0.4 is 10.2 Å². The average molecular weight is 372 g/mol. The summed E-state index contributed by atoms with van der Waals surface area (Å²) in [6.45, 7) is 4.66. The van der Waals surface area contributed by atoms with Crippen LogP contribution in [0.4, 0.5) is 10.1 Å². The molecular formula is C20H29FN6. The van der Waals surface area contributed by atoms with Crippen LogP contribution in [-0.4, -0.2) is 54.6 Å². The second-order valence-corrected chi connectivity index (χ2v) is 7.37. The topological polar surface area (TPSA) is 48.7 Å². The Morgan fingerprint density at radius 1 is 1.41 bits per heavy atom. The van der Waals surface area contributed by atoms with Gasteiger partial charge in [0.15, 0.2) is 5.96 Å². The number of anilines is 1. The average Bonchev–Trinajstić information content (AvgIpc) is 3.17. The van der Waals surface area contributed by atoms with E-state index in [-0.39, 0.29) is 5.82 Å². The Kier molecular flexibility index (Phi) is 5.98. The molecule has 0 aliphatic carbocycles. The molecule has 1 aromatic heterocycles. The molecule has 6 nitrogen and oxygen atoms in total. The van der Waals surface area contributed by atoms with E-state index in [0.29, 0.717) is 24.2 Å². The van der Waals surface area contributed by atoms with Gasteiger partial charge in [0.1, 0.15) is 5.82 Å². The molecule has 2 aromatic rings. The third kappa shape index (κ3) is 4.40. The maximum absolute atomic E-state index is 14.2. The number of piperidine rings is 1. The molecule has 2 atom stereocenters. The molecule has 1 aromatic carbocycles.